The quantitative estimate of drug-likeness (QED) is 0.562. The monoisotopic (exact) mass is 214 g/mol. The summed E-state index contributed by atoms with van der Waals surface area (Å²) in [5.74, 6) is 0.132. The molecule has 0 aliphatic carbocycles. The Kier molecular flexibility index (Phi) is 3.86. The standard InChI is InChI=1S/C8H12BClN2O2/c1-3-5(2)7-6(9(13)14)4-11-8(10)12-7/h4-5,13-14H,3H2,1-2H3. The Balaban J connectivity index is 3.15. The van der Waals surface area contributed by atoms with E-state index in [9.17, 15) is 0 Å². The van der Waals surface area contributed by atoms with E-state index in [0.29, 0.717) is 11.2 Å². The van der Waals surface area contributed by atoms with Crippen molar-refractivity contribution in [2.24, 2.45) is 0 Å². The van der Waals surface area contributed by atoms with Gasteiger partial charge in [-0.1, -0.05) is 13.8 Å². The van der Waals surface area contributed by atoms with Crippen molar-refractivity contribution in [3.63, 3.8) is 0 Å². The molecule has 0 saturated heterocycles. The van der Waals surface area contributed by atoms with Crippen LogP contribution in [0.4, 0.5) is 0 Å². The summed E-state index contributed by atoms with van der Waals surface area (Å²) in [7, 11) is -1.55. The molecule has 0 aromatic carbocycles. The molecule has 0 radical (unpaired) electrons. The molecule has 0 aliphatic rings. The van der Waals surface area contributed by atoms with Crippen LogP contribution in [0.25, 0.3) is 0 Å². The highest BCUT2D eigenvalue weighted by Gasteiger charge is 2.21. The molecule has 1 heterocycles. The van der Waals surface area contributed by atoms with Gasteiger partial charge in [-0.25, -0.2) is 9.97 Å². The topological polar surface area (TPSA) is 66.2 Å². The maximum Gasteiger partial charge on any atom is 0.491 e. The Morgan fingerprint density at radius 3 is 2.71 bits per heavy atom. The van der Waals surface area contributed by atoms with Gasteiger partial charge in [0.25, 0.3) is 0 Å². The average Bonchev–Trinajstić information content (AvgIpc) is 2.16. The van der Waals surface area contributed by atoms with Crippen molar-refractivity contribution >= 4 is 24.2 Å². The smallest absolute Gasteiger partial charge is 0.423 e. The summed E-state index contributed by atoms with van der Waals surface area (Å²) in [6, 6.07) is 0. The minimum Gasteiger partial charge on any atom is -0.423 e. The second-order valence-corrected chi connectivity index (χ2v) is 3.50. The molecular weight excluding hydrogens is 202 g/mol. The molecule has 6 heteroatoms. The first-order chi connectivity index (χ1) is 6.56. The predicted molar refractivity (Wildman–Crippen MR) is 55.6 cm³/mol. The first kappa shape index (κ1) is 11.4. The van der Waals surface area contributed by atoms with E-state index in [1.807, 2.05) is 13.8 Å². The fourth-order valence-electron chi connectivity index (χ4n) is 1.17. The van der Waals surface area contributed by atoms with Crippen LogP contribution in [0.2, 0.25) is 5.28 Å². The lowest BCUT2D eigenvalue weighted by molar-refractivity contribution is 0.424. The van der Waals surface area contributed by atoms with E-state index < -0.39 is 7.12 Å². The maximum atomic E-state index is 9.07. The summed E-state index contributed by atoms with van der Waals surface area (Å²) in [5, 5.41) is 18.3. The molecule has 14 heavy (non-hydrogen) atoms. The Labute approximate surface area is 88.1 Å². The van der Waals surface area contributed by atoms with E-state index in [1.54, 1.807) is 0 Å². The van der Waals surface area contributed by atoms with Gasteiger partial charge in [-0.15, -0.1) is 0 Å². The summed E-state index contributed by atoms with van der Waals surface area (Å²) in [5.41, 5.74) is 0.922. The van der Waals surface area contributed by atoms with Crippen molar-refractivity contribution in [3.8, 4) is 0 Å². The molecule has 1 aromatic heterocycles. The van der Waals surface area contributed by atoms with Crippen molar-refractivity contribution in [1.29, 1.82) is 0 Å². The molecule has 4 nitrogen and oxygen atoms in total. The zero-order valence-corrected chi connectivity index (χ0v) is 8.86. The average molecular weight is 214 g/mol. The zero-order valence-electron chi connectivity index (χ0n) is 8.11. The molecule has 0 bridgehead atoms. The fraction of sp³-hybridized carbons (Fsp3) is 0.500. The van der Waals surface area contributed by atoms with Gasteiger partial charge in [0, 0.05) is 17.4 Å². The number of halogens is 1. The Morgan fingerprint density at radius 1 is 1.57 bits per heavy atom. The molecule has 0 spiro atoms. The molecular formula is C8H12BClN2O2. The summed E-state index contributed by atoms with van der Waals surface area (Å²) < 4.78 is 0. The second kappa shape index (κ2) is 4.73. The molecule has 76 valence electrons. The van der Waals surface area contributed by atoms with Crippen molar-refractivity contribution in [1.82, 2.24) is 9.97 Å². The Hall–Kier alpha value is -0.645. The predicted octanol–water partition coefficient (Wildman–Crippen LogP) is 0.323. The molecule has 0 amide bonds. The van der Waals surface area contributed by atoms with E-state index in [1.165, 1.54) is 6.20 Å². The minimum atomic E-state index is -1.55. The molecule has 2 N–H and O–H groups in total. The van der Waals surface area contributed by atoms with E-state index in [0.717, 1.165) is 6.42 Å². The van der Waals surface area contributed by atoms with Crippen molar-refractivity contribution in [2.75, 3.05) is 0 Å². The van der Waals surface area contributed by atoms with E-state index in [2.05, 4.69) is 9.97 Å². The molecule has 0 saturated carbocycles. The highest BCUT2D eigenvalue weighted by molar-refractivity contribution is 6.59. The number of rotatable bonds is 3. The van der Waals surface area contributed by atoms with Crippen LogP contribution in [0, 0.1) is 0 Å². The first-order valence-corrected chi connectivity index (χ1v) is 4.82. The molecule has 1 atom stereocenters. The van der Waals surface area contributed by atoms with Crippen molar-refractivity contribution in [3.05, 3.63) is 17.2 Å². The summed E-state index contributed by atoms with van der Waals surface area (Å²) >= 11 is 5.64. The minimum absolute atomic E-state index is 0.129. The largest absolute Gasteiger partial charge is 0.491 e. The number of hydrogen-bond donors (Lipinski definition) is 2. The van der Waals surface area contributed by atoms with Crippen LogP contribution in [0.1, 0.15) is 31.9 Å². The summed E-state index contributed by atoms with van der Waals surface area (Å²) in [4.78, 5) is 7.71. The molecule has 1 rings (SSSR count). The highest BCUT2D eigenvalue weighted by Crippen LogP contribution is 2.15. The molecule has 1 aromatic rings. The third-order valence-electron chi connectivity index (χ3n) is 2.18. The zero-order chi connectivity index (χ0) is 10.7. The van der Waals surface area contributed by atoms with Crippen LogP contribution in [0.15, 0.2) is 6.20 Å². The Morgan fingerprint density at radius 2 is 2.21 bits per heavy atom. The third-order valence-corrected chi connectivity index (χ3v) is 2.36. The van der Waals surface area contributed by atoms with E-state index >= 15 is 0 Å². The van der Waals surface area contributed by atoms with Gasteiger partial charge in [0.2, 0.25) is 5.28 Å². The van der Waals surface area contributed by atoms with E-state index in [-0.39, 0.29) is 11.2 Å². The molecule has 0 fully saturated rings. The summed E-state index contributed by atoms with van der Waals surface area (Å²) in [6.45, 7) is 3.94. The lowest BCUT2D eigenvalue weighted by Gasteiger charge is -2.12. The SMILES string of the molecule is CCC(C)c1nc(Cl)ncc1B(O)O. The molecule has 1 unspecified atom stereocenters. The van der Waals surface area contributed by atoms with Gasteiger partial charge in [0.15, 0.2) is 0 Å². The second-order valence-electron chi connectivity index (χ2n) is 3.16. The van der Waals surface area contributed by atoms with Crippen LogP contribution in [0.3, 0.4) is 0 Å². The van der Waals surface area contributed by atoms with Gasteiger partial charge in [0.1, 0.15) is 0 Å². The van der Waals surface area contributed by atoms with Crippen LogP contribution >= 0.6 is 11.6 Å². The van der Waals surface area contributed by atoms with Crippen molar-refractivity contribution < 1.29 is 10.0 Å². The van der Waals surface area contributed by atoms with Crippen molar-refractivity contribution in [2.45, 2.75) is 26.2 Å². The highest BCUT2D eigenvalue weighted by atomic mass is 35.5. The maximum absolute atomic E-state index is 9.07. The van der Waals surface area contributed by atoms with Gasteiger partial charge in [0.05, 0.1) is 0 Å². The lowest BCUT2D eigenvalue weighted by Crippen LogP contribution is -2.35. The third kappa shape index (κ3) is 2.44. The first-order valence-electron chi connectivity index (χ1n) is 4.44. The fourth-order valence-corrected chi connectivity index (χ4v) is 1.31. The van der Waals surface area contributed by atoms with Crippen LogP contribution in [-0.2, 0) is 0 Å². The van der Waals surface area contributed by atoms with Crippen LogP contribution in [-0.4, -0.2) is 27.1 Å². The molecule has 0 aliphatic heterocycles. The normalized spacial score (nSPS) is 12.6. The van der Waals surface area contributed by atoms with Crippen LogP contribution in [0.5, 0.6) is 0 Å². The number of hydrogen-bond acceptors (Lipinski definition) is 4. The van der Waals surface area contributed by atoms with Gasteiger partial charge in [-0.2, -0.15) is 0 Å². The van der Waals surface area contributed by atoms with Gasteiger partial charge in [-0.3, -0.25) is 0 Å². The van der Waals surface area contributed by atoms with Crippen LogP contribution < -0.4 is 5.46 Å². The van der Waals surface area contributed by atoms with Gasteiger partial charge in [-0.05, 0) is 23.9 Å². The van der Waals surface area contributed by atoms with Gasteiger partial charge < -0.3 is 10.0 Å². The Bertz CT molecular complexity index is 322. The summed E-state index contributed by atoms with van der Waals surface area (Å²) in [6.07, 6.45) is 2.20. The number of nitrogens with zero attached hydrogens (tertiary/aromatic N) is 2. The van der Waals surface area contributed by atoms with Gasteiger partial charge >= 0.3 is 7.12 Å². The van der Waals surface area contributed by atoms with E-state index in [4.69, 9.17) is 21.6 Å². The lowest BCUT2D eigenvalue weighted by atomic mass is 9.77. The number of aromatic nitrogens is 2.